The number of hydrogen-bond donors (Lipinski definition) is 1. The maximum absolute atomic E-state index is 13.0. The van der Waals surface area contributed by atoms with Crippen LogP contribution >= 0.6 is 0 Å². The van der Waals surface area contributed by atoms with E-state index in [2.05, 4.69) is 9.71 Å². The summed E-state index contributed by atoms with van der Waals surface area (Å²) in [5.41, 5.74) is 1.29. The molecule has 0 aromatic heterocycles. The summed E-state index contributed by atoms with van der Waals surface area (Å²) in [7, 11) is -1.27. The van der Waals surface area contributed by atoms with Crippen LogP contribution in [0.25, 0.3) is 0 Å². The zero-order valence-electron chi connectivity index (χ0n) is 15.2. The Bertz CT molecular complexity index is 1050. The number of methoxy groups -OCH3 is 1. The highest BCUT2D eigenvalue weighted by Crippen LogP contribution is 2.21. The first-order valence-electron chi connectivity index (χ1n) is 8.28. The molecule has 0 saturated heterocycles. The SMILES string of the molecule is COc1ccc(C2=NS(=O)(=O)N(C)C(C(=O)NCc3ccc(F)cc3)=C2)cc1. The predicted molar refractivity (Wildman–Crippen MR) is 103 cm³/mol. The van der Waals surface area contributed by atoms with Crippen molar-refractivity contribution in [2.24, 2.45) is 4.40 Å². The summed E-state index contributed by atoms with van der Waals surface area (Å²) in [5, 5.41) is 2.64. The van der Waals surface area contributed by atoms with Gasteiger partial charge in [-0.15, -0.1) is 4.40 Å². The van der Waals surface area contributed by atoms with Crippen molar-refractivity contribution in [3.8, 4) is 5.75 Å². The molecule has 0 aliphatic carbocycles. The Morgan fingerprint density at radius 3 is 2.39 bits per heavy atom. The van der Waals surface area contributed by atoms with Gasteiger partial charge in [-0.2, -0.15) is 8.42 Å². The molecule has 0 spiro atoms. The molecule has 0 saturated carbocycles. The molecule has 1 aliphatic rings. The highest BCUT2D eigenvalue weighted by atomic mass is 32.2. The van der Waals surface area contributed by atoms with Crippen molar-refractivity contribution in [3.05, 3.63) is 77.2 Å². The molecule has 0 fully saturated rings. The lowest BCUT2D eigenvalue weighted by Gasteiger charge is -2.23. The maximum Gasteiger partial charge on any atom is 0.345 e. The summed E-state index contributed by atoms with van der Waals surface area (Å²) in [6.45, 7) is 0.124. The van der Waals surface area contributed by atoms with Gasteiger partial charge < -0.3 is 10.1 Å². The van der Waals surface area contributed by atoms with Gasteiger partial charge in [0.2, 0.25) is 0 Å². The van der Waals surface area contributed by atoms with Gasteiger partial charge in [0.25, 0.3) is 5.91 Å². The number of likely N-dealkylation sites (N-methyl/N-ethyl adjacent to an activating group) is 1. The van der Waals surface area contributed by atoms with Gasteiger partial charge in [-0.1, -0.05) is 12.1 Å². The molecule has 1 N–H and O–H groups in total. The first kappa shape index (κ1) is 19.6. The van der Waals surface area contributed by atoms with Gasteiger partial charge in [-0.3, -0.25) is 4.79 Å². The number of carbonyl (C=O) groups is 1. The Hall–Kier alpha value is -3.20. The molecule has 0 radical (unpaired) electrons. The van der Waals surface area contributed by atoms with Crippen LogP contribution in [0.4, 0.5) is 4.39 Å². The number of halogens is 1. The zero-order chi connectivity index (χ0) is 20.3. The molecule has 146 valence electrons. The van der Waals surface area contributed by atoms with E-state index in [1.165, 1.54) is 44.5 Å². The number of ether oxygens (including phenoxy) is 1. The topological polar surface area (TPSA) is 88.1 Å². The van der Waals surface area contributed by atoms with E-state index in [0.29, 0.717) is 16.9 Å². The second-order valence-corrected chi connectivity index (χ2v) is 7.62. The number of amides is 1. The Labute approximate surface area is 162 Å². The monoisotopic (exact) mass is 403 g/mol. The van der Waals surface area contributed by atoms with Crippen LogP contribution in [0.15, 0.2) is 64.7 Å². The minimum absolute atomic E-state index is 0.0667. The molecule has 1 heterocycles. The van der Waals surface area contributed by atoms with Crippen LogP contribution in [0.3, 0.4) is 0 Å². The maximum atomic E-state index is 13.0. The molecule has 0 bridgehead atoms. The van der Waals surface area contributed by atoms with Gasteiger partial charge in [0.1, 0.15) is 17.3 Å². The van der Waals surface area contributed by atoms with Gasteiger partial charge in [0, 0.05) is 19.2 Å². The number of nitrogens with one attached hydrogen (secondary N) is 1. The molecule has 1 aliphatic heterocycles. The van der Waals surface area contributed by atoms with E-state index in [-0.39, 0.29) is 23.8 Å². The highest BCUT2D eigenvalue weighted by molar-refractivity contribution is 7.88. The Morgan fingerprint density at radius 2 is 1.79 bits per heavy atom. The number of hydrogen-bond acceptors (Lipinski definition) is 4. The summed E-state index contributed by atoms with van der Waals surface area (Å²) in [4.78, 5) is 12.6. The fraction of sp³-hybridized carbons (Fsp3) is 0.158. The highest BCUT2D eigenvalue weighted by Gasteiger charge is 2.29. The fourth-order valence-corrected chi connectivity index (χ4v) is 3.45. The van der Waals surface area contributed by atoms with E-state index in [9.17, 15) is 17.6 Å². The van der Waals surface area contributed by atoms with Crippen LogP contribution in [-0.4, -0.2) is 38.5 Å². The van der Waals surface area contributed by atoms with Crippen molar-refractivity contribution >= 4 is 21.8 Å². The van der Waals surface area contributed by atoms with E-state index in [1.54, 1.807) is 24.3 Å². The minimum atomic E-state index is -4.05. The lowest BCUT2D eigenvalue weighted by Crippen LogP contribution is -2.38. The van der Waals surface area contributed by atoms with Gasteiger partial charge in [-0.05, 0) is 48.0 Å². The summed E-state index contributed by atoms with van der Waals surface area (Å²) >= 11 is 0. The minimum Gasteiger partial charge on any atom is -0.497 e. The smallest absolute Gasteiger partial charge is 0.345 e. The molecule has 7 nitrogen and oxygen atoms in total. The molecule has 0 unspecified atom stereocenters. The Kier molecular flexibility index (Phi) is 5.46. The second-order valence-electron chi connectivity index (χ2n) is 5.99. The lowest BCUT2D eigenvalue weighted by molar-refractivity contribution is -0.118. The van der Waals surface area contributed by atoms with E-state index in [1.807, 2.05) is 0 Å². The van der Waals surface area contributed by atoms with Crippen LogP contribution in [-0.2, 0) is 21.5 Å². The summed E-state index contributed by atoms with van der Waals surface area (Å²) < 4.78 is 47.4. The molecule has 0 atom stereocenters. The largest absolute Gasteiger partial charge is 0.497 e. The van der Waals surface area contributed by atoms with Crippen molar-refractivity contribution in [2.75, 3.05) is 14.2 Å². The van der Waals surface area contributed by atoms with Crippen LogP contribution in [0.1, 0.15) is 11.1 Å². The predicted octanol–water partition coefficient (Wildman–Crippen LogP) is 2.01. The van der Waals surface area contributed by atoms with Crippen LogP contribution < -0.4 is 10.1 Å². The summed E-state index contributed by atoms with van der Waals surface area (Å²) in [6, 6.07) is 12.3. The van der Waals surface area contributed by atoms with Gasteiger partial charge in [0.05, 0.1) is 12.8 Å². The number of allylic oxidation sites excluding steroid dienone is 1. The average Bonchev–Trinajstić information content (AvgIpc) is 2.69. The molecule has 3 rings (SSSR count). The fourth-order valence-electron chi connectivity index (χ4n) is 2.54. The van der Waals surface area contributed by atoms with Crippen LogP contribution in [0.2, 0.25) is 0 Å². The van der Waals surface area contributed by atoms with E-state index in [4.69, 9.17) is 4.74 Å². The first-order chi connectivity index (χ1) is 13.3. The third-order valence-corrected chi connectivity index (χ3v) is 5.47. The van der Waals surface area contributed by atoms with Crippen LogP contribution in [0.5, 0.6) is 5.75 Å². The van der Waals surface area contributed by atoms with Crippen LogP contribution in [0, 0.1) is 5.82 Å². The van der Waals surface area contributed by atoms with Gasteiger partial charge >= 0.3 is 10.2 Å². The normalized spacial score (nSPS) is 15.5. The quantitative estimate of drug-likeness (QED) is 0.827. The molecule has 1 amide bonds. The molecular formula is C19H18FN3O4S. The van der Waals surface area contributed by atoms with Crippen molar-refractivity contribution in [1.29, 1.82) is 0 Å². The average molecular weight is 403 g/mol. The summed E-state index contributed by atoms with van der Waals surface area (Å²) in [6.07, 6.45) is 1.41. The number of carbonyl (C=O) groups excluding carboxylic acids is 1. The van der Waals surface area contributed by atoms with Crippen molar-refractivity contribution in [3.63, 3.8) is 0 Å². The van der Waals surface area contributed by atoms with Crippen molar-refractivity contribution in [2.45, 2.75) is 6.54 Å². The molecule has 2 aromatic rings. The molecule has 9 heteroatoms. The van der Waals surface area contributed by atoms with Crippen molar-refractivity contribution < 1.29 is 22.3 Å². The zero-order valence-corrected chi connectivity index (χ0v) is 16.0. The molecular weight excluding hydrogens is 385 g/mol. The molecule has 28 heavy (non-hydrogen) atoms. The van der Waals surface area contributed by atoms with Crippen molar-refractivity contribution in [1.82, 2.24) is 9.62 Å². The lowest BCUT2D eigenvalue weighted by atomic mass is 10.1. The third kappa shape index (κ3) is 4.20. The third-order valence-electron chi connectivity index (χ3n) is 4.16. The second kappa shape index (κ2) is 7.81. The number of rotatable bonds is 5. The molecule has 2 aromatic carbocycles. The standard InChI is InChI=1S/C19H18FN3O4S/c1-23-18(19(24)21-12-13-3-7-15(20)8-4-13)11-17(22-28(23,25)26)14-5-9-16(27-2)10-6-14/h3-11H,12H2,1-2H3,(H,21,24). The number of nitrogens with zero attached hydrogens (tertiary/aromatic N) is 2. The Morgan fingerprint density at radius 1 is 1.14 bits per heavy atom. The van der Waals surface area contributed by atoms with E-state index < -0.39 is 16.1 Å². The summed E-state index contributed by atoms with van der Waals surface area (Å²) in [5.74, 6) is -0.353. The number of benzene rings is 2. The van der Waals surface area contributed by atoms with E-state index in [0.717, 1.165) is 4.31 Å². The van der Waals surface area contributed by atoms with E-state index >= 15 is 0 Å². The van der Waals surface area contributed by atoms with Gasteiger partial charge in [0.15, 0.2) is 0 Å². The van der Waals surface area contributed by atoms with Gasteiger partial charge in [-0.25, -0.2) is 8.70 Å². The first-order valence-corrected chi connectivity index (χ1v) is 9.67. The Balaban J connectivity index is 1.84.